The van der Waals surface area contributed by atoms with E-state index in [9.17, 15) is 0 Å². The molecule has 1 unspecified atom stereocenters. The smallest absolute Gasteiger partial charge is 0.191 e. The van der Waals surface area contributed by atoms with Crippen LogP contribution in [0.3, 0.4) is 0 Å². The molecule has 0 aliphatic heterocycles. The van der Waals surface area contributed by atoms with Gasteiger partial charge in [0.25, 0.3) is 0 Å². The summed E-state index contributed by atoms with van der Waals surface area (Å²) in [6.45, 7) is 10.2. The first-order valence-corrected chi connectivity index (χ1v) is 3.60. The Labute approximate surface area is 67.9 Å². The zero-order valence-electron chi connectivity index (χ0n) is 6.91. The van der Waals surface area contributed by atoms with Crippen molar-refractivity contribution in [3.63, 3.8) is 0 Å². The molecule has 0 saturated carbocycles. The molecule has 0 bridgehead atoms. The van der Waals surface area contributed by atoms with Gasteiger partial charge in [0.05, 0.1) is 6.26 Å². The summed E-state index contributed by atoms with van der Waals surface area (Å²) in [5.41, 5.74) is 0. The van der Waals surface area contributed by atoms with E-state index in [1.807, 2.05) is 6.92 Å². The molecule has 0 spiro atoms. The third-order valence-corrected chi connectivity index (χ3v) is 1.01. The molecule has 0 aliphatic carbocycles. The van der Waals surface area contributed by atoms with Crippen LogP contribution in [0.2, 0.25) is 0 Å². The summed E-state index contributed by atoms with van der Waals surface area (Å²) < 4.78 is 15.1. The largest absolute Gasteiger partial charge is 0.497 e. The van der Waals surface area contributed by atoms with Crippen LogP contribution in [0.5, 0.6) is 0 Å². The molecule has 0 saturated heterocycles. The quantitative estimate of drug-likeness (QED) is 0.414. The summed E-state index contributed by atoms with van der Waals surface area (Å²) in [6, 6.07) is 0. The van der Waals surface area contributed by atoms with Crippen molar-refractivity contribution in [2.24, 2.45) is 0 Å². The van der Waals surface area contributed by atoms with Gasteiger partial charge in [-0.05, 0) is 13.8 Å². The van der Waals surface area contributed by atoms with Crippen LogP contribution in [-0.4, -0.2) is 26.1 Å². The number of ether oxygens (including phenoxy) is 3. The van der Waals surface area contributed by atoms with Gasteiger partial charge < -0.3 is 14.2 Å². The fraction of sp³-hybridized carbons (Fsp3) is 0.625. The van der Waals surface area contributed by atoms with E-state index in [2.05, 4.69) is 13.5 Å². The molecule has 3 heteroatoms. The average Bonchev–Trinajstić information content (AvgIpc) is 2.01. The van der Waals surface area contributed by atoms with Gasteiger partial charge in [0.15, 0.2) is 6.29 Å². The molecule has 0 aromatic carbocycles. The Hall–Kier alpha value is -0.540. The second kappa shape index (κ2) is 7.57. The third kappa shape index (κ3) is 5.88. The van der Waals surface area contributed by atoms with Crippen LogP contribution in [-0.2, 0) is 14.2 Å². The monoisotopic (exact) mass is 159 g/mol. The maximum atomic E-state index is 5.15. The number of hydrogen-bond acceptors (Lipinski definition) is 3. The van der Waals surface area contributed by atoms with Gasteiger partial charge in [-0.25, -0.2) is 0 Å². The molecule has 1 radical (unpaired) electrons. The van der Waals surface area contributed by atoms with E-state index in [1.54, 1.807) is 0 Å². The van der Waals surface area contributed by atoms with Gasteiger partial charge >= 0.3 is 0 Å². The van der Waals surface area contributed by atoms with Crippen molar-refractivity contribution in [3.8, 4) is 0 Å². The molecule has 0 aliphatic rings. The Balaban J connectivity index is 3.41. The summed E-state index contributed by atoms with van der Waals surface area (Å²) in [7, 11) is 0. The van der Waals surface area contributed by atoms with E-state index in [1.165, 1.54) is 6.26 Å². The molecule has 0 fully saturated rings. The maximum Gasteiger partial charge on any atom is 0.191 e. The van der Waals surface area contributed by atoms with Crippen LogP contribution in [0.1, 0.15) is 6.92 Å². The van der Waals surface area contributed by atoms with Crippen LogP contribution in [0.15, 0.2) is 12.8 Å². The fourth-order valence-electron chi connectivity index (χ4n) is 0.608. The Morgan fingerprint density at radius 1 is 1.45 bits per heavy atom. The Morgan fingerprint density at radius 3 is 2.64 bits per heavy atom. The molecule has 0 amide bonds. The van der Waals surface area contributed by atoms with Gasteiger partial charge in [-0.2, -0.15) is 0 Å². The fourth-order valence-corrected chi connectivity index (χ4v) is 0.608. The predicted molar refractivity (Wildman–Crippen MR) is 42.9 cm³/mol. The van der Waals surface area contributed by atoms with Gasteiger partial charge in [0.1, 0.15) is 6.61 Å². The molecule has 0 N–H and O–H groups in total. The second-order valence-electron chi connectivity index (χ2n) is 1.76. The highest BCUT2D eigenvalue weighted by molar-refractivity contribution is 4.51. The molecular formula is C8H15O3. The number of hydrogen-bond donors (Lipinski definition) is 0. The minimum atomic E-state index is -0.324. The van der Waals surface area contributed by atoms with Gasteiger partial charge in [0.2, 0.25) is 0 Å². The van der Waals surface area contributed by atoms with Crippen LogP contribution in [0.4, 0.5) is 0 Å². The lowest BCUT2D eigenvalue weighted by atomic mass is 10.6. The molecule has 11 heavy (non-hydrogen) atoms. The zero-order valence-corrected chi connectivity index (χ0v) is 6.91. The normalized spacial score (nSPS) is 10.1. The Bertz CT molecular complexity index is 87.3. The van der Waals surface area contributed by atoms with Crippen molar-refractivity contribution in [1.82, 2.24) is 0 Å². The lowest BCUT2D eigenvalue weighted by Crippen LogP contribution is -2.22. The van der Waals surface area contributed by atoms with Gasteiger partial charge in [-0.15, -0.1) is 0 Å². The highest BCUT2D eigenvalue weighted by Crippen LogP contribution is 1.95. The van der Waals surface area contributed by atoms with E-state index in [0.29, 0.717) is 19.8 Å². The van der Waals surface area contributed by atoms with E-state index in [4.69, 9.17) is 14.2 Å². The zero-order chi connectivity index (χ0) is 8.53. The van der Waals surface area contributed by atoms with Gasteiger partial charge in [-0.1, -0.05) is 6.58 Å². The Morgan fingerprint density at radius 2 is 2.18 bits per heavy atom. The minimum Gasteiger partial charge on any atom is -0.497 e. The molecular weight excluding hydrogens is 144 g/mol. The van der Waals surface area contributed by atoms with E-state index >= 15 is 0 Å². The van der Waals surface area contributed by atoms with Crippen molar-refractivity contribution in [3.05, 3.63) is 19.8 Å². The summed E-state index contributed by atoms with van der Waals surface area (Å²) in [5.74, 6) is 0. The first kappa shape index (κ1) is 10.5. The van der Waals surface area contributed by atoms with Gasteiger partial charge in [0, 0.05) is 13.2 Å². The summed E-state index contributed by atoms with van der Waals surface area (Å²) >= 11 is 0. The average molecular weight is 159 g/mol. The van der Waals surface area contributed by atoms with Crippen LogP contribution < -0.4 is 0 Å². The Kier molecular flexibility index (Phi) is 7.19. The van der Waals surface area contributed by atoms with Crippen molar-refractivity contribution in [2.45, 2.75) is 13.2 Å². The second-order valence-corrected chi connectivity index (χ2v) is 1.76. The highest BCUT2D eigenvalue weighted by Gasteiger charge is 2.06. The molecule has 0 rings (SSSR count). The van der Waals surface area contributed by atoms with Gasteiger partial charge in [-0.3, -0.25) is 0 Å². The first-order chi connectivity index (χ1) is 5.35. The van der Waals surface area contributed by atoms with Crippen molar-refractivity contribution < 1.29 is 14.2 Å². The molecule has 0 aromatic rings. The summed E-state index contributed by atoms with van der Waals surface area (Å²) in [4.78, 5) is 0. The topological polar surface area (TPSA) is 27.7 Å². The van der Waals surface area contributed by atoms with Crippen LogP contribution >= 0.6 is 0 Å². The van der Waals surface area contributed by atoms with E-state index in [-0.39, 0.29) is 6.29 Å². The highest BCUT2D eigenvalue weighted by atomic mass is 16.7. The third-order valence-electron chi connectivity index (χ3n) is 1.01. The minimum absolute atomic E-state index is 0.324. The molecule has 0 heterocycles. The molecule has 3 nitrogen and oxygen atoms in total. The van der Waals surface area contributed by atoms with Crippen molar-refractivity contribution in [2.75, 3.05) is 19.8 Å². The van der Waals surface area contributed by atoms with Crippen molar-refractivity contribution in [1.29, 1.82) is 0 Å². The lowest BCUT2D eigenvalue weighted by Gasteiger charge is -2.15. The standard InChI is InChI=1S/C8H15O3/c1-4-9-7-8(10-5-2)11-6-3/h4,8H,1-2,5-7H2,3H3. The molecule has 65 valence electrons. The lowest BCUT2D eigenvalue weighted by molar-refractivity contribution is -0.154. The van der Waals surface area contributed by atoms with Crippen molar-refractivity contribution >= 4 is 0 Å². The summed E-state index contributed by atoms with van der Waals surface area (Å²) in [5, 5.41) is 0. The first-order valence-electron chi connectivity index (χ1n) is 3.60. The van der Waals surface area contributed by atoms with E-state index < -0.39 is 0 Å². The van der Waals surface area contributed by atoms with Crippen LogP contribution in [0, 0.1) is 6.92 Å². The molecule has 0 aromatic heterocycles. The number of rotatable bonds is 7. The maximum absolute atomic E-state index is 5.15. The SMILES string of the molecule is [CH2]COC(COC=C)OCC. The van der Waals surface area contributed by atoms with E-state index in [0.717, 1.165) is 0 Å². The molecule has 1 atom stereocenters. The van der Waals surface area contributed by atoms with Crippen LogP contribution in [0.25, 0.3) is 0 Å². The predicted octanol–water partition coefficient (Wildman–Crippen LogP) is 1.36. The summed E-state index contributed by atoms with van der Waals surface area (Å²) in [6.07, 6.45) is 1.04.